The lowest BCUT2D eigenvalue weighted by Crippen LogP contribution is -2.11. The lowest BCUT2D eigenvalue weighted by molar-refractivity contribution is -0.137. The fourth-order valence-electron chi connectivity index (χ4n) is 11.9. The fourth-order valence-corrected chi connectivity index (χ4v) is 24.1. The second-order valence-electron chi connectivity index (χ2n) is 26.0. The average molecular weight is 1940 g/mol. The van der Waals surface area contributed by atoms with E-state index in [4.69, 9.17) is 60.6 Å². The third-order valence-electron chi connectivity index (χ3n) is 17.7. The number of carboxylic acid groups (broad SMARTS) is 4. The summed E-state index contributed by atoms with van der Waals surface area (Å²) in [5.41, 5.74) is 1.82. The van der Waals surface area contributed by atoms with Gasteiger partial charge in [-0.1, -0.05) is 83.7 Å². The molecule has 640 valence electrons. The van der Waals surface area contributed by atoms with Crippen molar-refractivity contribution in [2.45, 2.75) is 71.9 Å². The molecule has 0 saturated heterocycles. The van der Waals surface area contributed by atoms with E-state index in [-0.39, 0.29) is 80.7 Å². The fraction of sp³-hybridized carbons (Fsp3) is 0.148. The Hall–Kier alpha value is -10.0. The number of carbonyl (C=O) groups is 4. The van der Waals surface area contributed by atoms with E-state index in [0.29, 0.717) is 77.3 Å². The van der Waals surface area contributed by atoms with Crippen LogP contribution < -0.4 is 14.2 Å². The zero-order chi connectivity index (χ0) is 90.1. The molecule has 0 aliphatic carbocycles. The van der Waals surface area contributed by atoms with Crippen LogP contribution in [0.4, 0.5) is 13.2 Å². The Balaban J connectivity index is 0.000000185. The van der Waals surface area contributed by atoms with Gasteiger partial charge in [-0.25, -0.2) is 69.7 Å². The van der Waals surface area contributed by atoms with Crippen LogP contribution in [0.5, 0.6) is 17.2 Å². The normalized spacial score (nSPS) is 11.8. The molecule has 0 fully saturated rings. The van der Waals surface area contributed by atoms with Crippen molar-refractivity contribution in [3.8, 4) is 65.1 Å². The Morgan fingerprint density at radius 2 is 0.648 bits per heavy atom. The number of halogens is 7. The van der Waals surface area contributed by atoms with Crippen molar-refractivity contribution in [3.05, 3.63) is 273 Å². The second-order valence-corrected chi connectivity index (χ2v) is 44.7. The zero-order valence-electron chi connectivity index (χ0n) is 63.7. The molecule has 0 aliphatic heterocycles. The Bertz CT molecular complexity index is 6670. The van der Waals surface area contributed by atoms with Crippen LogP contribution in [0.1, 0.15) is 87.3 Å². The van der Waals surface area contributed by atoms with Crippen LogP contribution in [0.2, 0.25) is 17.3 Å². The minimum Gasteiger partial charge on any atom is -0.495 e. The first-order valence-corrected chi connectivity index (χ1v) is 49.6. The number of hydrogen-bond donors (Lipinski definition) is 4. The predicted molar refractivity (Wildman–Crippen MR) is 461 cm³/mol. The van der Waals surface area contributed by atoms with Crippen molar-refractivity contribution in [1.29, 1.82) is 5.26 Å². The van der Waals surface area contributed by atoms with Gasteiger partial charge in [-0.05, 0) is 220 Å². The van der Waals surface area contributed by atoms with E-state index in [9.17, 15) is 109 Å². The van der Waals surface area contributed by atoms with Gasteiger partial charge >= 0.3 is 30.1 Å². The number of alkyl halides is 3. The van der Waals surface area contributed by atoms with Crippen LogP contribution in [0.15, 0.2) is 223 Å². The summed E-state index contributed by atoms with van der Waals surface area (Å²) in [6.45, 7) is 1.78. The van der Waals surface area contributed by atoms with Gasteiger partial charge in [-0.2, -0.15) is 18.4 Å². The van der Waals surface area contributed by atoms with Gasteiger partial charge in [0.15, 0.2) is 59.0 Å². The number of sulfone groups is 6. The van der Waals surface area contributed by atoms with Crippen molar-refractivity contribution >= 4 is 175 Å². The summed E-state index contributed by atoms with van der Waals surface area (Å²) in [5.74, 6) is -7.49. The smallest absolute Gasteiger partial charge is 0.416 e. The number of thiophene rings is 4. The van der Waals surface area contributed by atoms with Gasteiger partial charge in [0, 0.05) is 32.0 Å². The lowest BCUT2D eigenvalue weighted by Gasteiger charge is -2.15. The van der Waals surface area contributed by atoms with Crippen molar-refractivity contribution < 1.29 is 117 Å². The molecule has 0 amide bonds. The maximum absolute atomic E-state index is 13.3. The molecule has 0 unspecified atom stereocenters. The molecule has 41 heteroatoms. The number of rotatable bonds is 26. The third-order valence-corrected chi connectivity index (χ3v) is 31.7. The Morgan fingerprint density at radius 3 is 0.918 bits per heavy atom. The Labute approximate surface area is 734 Å². The van der Waals surface area contributed by atoms with Crippen LogP contribution in [0, 0.1) is 11.3 Å². The molecule has 24 nitrogen and oxygen atoms in total. The minimum absolute atomic E-state index is 0.000829. The van der Waals surface area contributed by atoms with Gasteiger partial charge in [0.25, 0.3) is 0 Å². The SMILES string of the molecule is CCc1ccc(C(=O)O)cc1S(=O)(=O)Cc1cc(S(C)(=O)=O)ccc1-c1ccc(Cl)s1.COc1ccc(C(=O)O)cc1S(=O)(=O)Cc1cc(C#N)ccc1-c1ccc(Cl)s1.COc1ccc(C(=O)O)cc1S(=O)(=O)Cc1cc(C(F)(F)F)ccc1-c1ccc(Cl)s1.COc1ccc(C(=O)O)cc1S(=O)(=O)Cc1cc(S(C)(=O)=O)ccc1-c1ccc(Cl)s1. The minimum atomic E-state index is -4.68. The highest BCUT2D eigenvalue weighted by atomic mass is 35.5. The summed E-state index contributed by atoms with van der Waals surface area (Å²) < 4.78 is 211. The molecule has 0 bridgehead atoms. The maximum atomic E-state index is 13.3. The first-order valence-electron chi connectivity index (χ1n) is 34.4. The van der Waals surface area contributed by atoms with Crippen LogP contribution in [-0.2, 0) is 94.6 Å². The van der Waals surface area contributed by atoms with Gasteiger partial charge in [0.1, 0.15) is 31.9 Å². The predicted octanol–water partition coefficient (Wildman–Crippen LogP) is 19.2. The summed E-state index contributed by atoms with van der Waals surface area (Å²) in [4.78, 5) is 46.8. The molecule has 4 heterocycles. The molecule has 122 heavy (non-hydrogen) atoms. The highest BCUT2D eigenvalue weighted by Crippen LogP contribution is 2.43. The van der Waals surface area contributed by atoms with Crippen LogP contribution in [0.3, 0.4) is 0 Å². The number of ether oxygens (including phenoxy) is 3. The van der Waals surface area contributed by atoms with Crippen molar-refractivity contribution in [1.82, 2.24) is 0 Å². The molecule has 12 aromatic rings. The maximum Gasteiger partial charge on any atom is 0.416 e. The zero-order valence-corrected chi connectivity index (χ0v) is 74.9. The van der Waals surface area contributed by atoms with Crippen LogP contribution >= 0.6 is 91.8 Å². The number of nitrogens with zero attached hydrogens (tertiary/aromatic N) is 1. The summed E-state index contributed by atoms with van der Waals surface area (Å²) in [7, 11) is -19.7. The monoisotopic (exact) mass is 1930 g/mol. The molecule has 0 saturated carbocycles. The van der Waals surface area contributed by atoms with E-state index in [1.165, 1.54) is 146 Å². The molecule has 0 atom stereocenters. The molecular formula is C81H64Cl4F3NO23S10. The third kappa shape index (κ3) is 23.9. The average Bonchev–Trinajstić information content (AvgIpc) is 1.18. The number of aromatic carboxylic acids is 4. The van der Waals surface area contributed by atoms with E-state index >= 15 is 0 Å². The number of nitriles is 1. The molecule has 0 radical (unpaired) electrons. The Kier molecular flexibility index (Phi) is 30.8. The van der Waals surface area contributed by atoms with E-state index in [0.717, 1.165) is 65.1 Å². The van der Waals surface area contributed by atoms with E-state index in [2.05, 4.69) is 0 Å². The lowest BCUT2D eigenvalue weighted by atomic mass is 10.0. The van der Waals surface area contributed by atoms with Crippen molar-refractivity contribution in [2.24, 2.45) is 0 Å². The first-order chi connectivity index (χ1) is 57.0. The largest absolute Gasteiger partial charge is 0.495 e. The van der Waals surface area contributed by atoms with Gasteiger partial charge in [-0.3, -0.25) is 0 Å². The molecule has 0 spiro atoms. The van der Waals surface area contributed by atoms with Gasteiger partial charge in [0.05, 0.1) is 116 Å². The highest BCUT2D eigenvalue weighted by molar-refractivity contribution is 7.92. The van der Waals surface area contributed by atoms with Gasteiger partial charge in [0.2, 0.25) is 0 Å². The Morgan fingerprint density at radius 1 is 0.369 bits per heavy atom. The molecular weight excluding hydrogens is 1870 g/mol. The number of aryl methyl sites for hydroxylation is 1. The molecule has 12 rings (SSSR count). The van der Waals surface area contributed by atoms with Gasteiger partial charge in [-0.15, -0.1) is 45.3 Å². The standard InChI is InChI=1S/C21H19ClO6S3.C20H14ClF3O5S2.C20H14ClNO5S2.C20H17ClO7S3/c1-3-13-4-5-14(21(23)24)11-19(13)31(27,28)12-15-10-16(30(2,25)26)6-7-17(15)18-8-9-20(22)29-18;1-29-15-5-2-11(19(25)26)9-17(15)31(27,28)10-12-8-13(20(22,23)24)3-4-14(12)16-6-7-18(21)30-16;1-27-16-5-3-13(20(23)24)9-18(16)29(25,26)11-14-8-12(10-22)2-4-15(14)17-6-7-19(21)28-17;1-28-16-6-3-12(20(22)23)10-18(16)31(26,27)11-13-9-14(30(2,24)25)4-5-15(13)17-7-8-19(21)29-17/h4-11H,3,12H2,1-2H3,(H,23,24);2-9H,10H2,1H3,(H,25,26);2-9H,11H2,1H3,(H,23,24);3-10H,11H2,1-2H3,(H,22,23). The summed E-state index contributed by atoms with van der Waals surface area (Å²) in [5, 5.41) is 46.1. The number of benzene rings is 8. The quantitative estimate of drug-likeness (QED) is 0.0391. The summed E-state index contributed by atoms with van der Waals surface area (Å²) in [6.07, 6.45) is -2.20. The van der Waals surface area contributed by atoms with Crippen molar-refractivity contribution in [3.63, 3.8) is 0 Å². The van der Waals surface area contributed by atoms with Crippen molar-refractivity contribution in [2.75, 3.05) is 33.8 Å². The van der Waals surface area contributed by atoms with E-state index in [1.54, 1.807) is 73.7 Å². The molecule has 4 N–H and O–H groups in total. The first kappa shape index (κ1) is 95.8. The number of methoxy groups -OCH3 is 3. The number of hydrogen-bond acceptors (Lipinski definition) is 24. The summed E-state index contributed by atoms with van der Waals surface area (Å²) >= 11 is 28.8. The number of carboxylic acids is 4. The highest BCUT2D eigenvalue weighted by Gasteiger charge is 2.34. The van der Waals surface area contributed by atoms with E-state index < -0.39 is 123 Å². The topological polar surface area (TPSA) is 406 Å². The molecule has 4 aromatic heterocycles. The van der Waals surface area contributed by atoms with E-state index in [1.807, 2.05) is 6.07 Å². The molecule has 0 aliphatic rings. The van der Waals surface area contributed by atoms with Gasteiger partial charge < -0.3 is 34.6 Å². The second kappa shape index (κ2) is 39.2. The van der Waals surface area contributed by atoms with Crippen LogP contribution in [0.25, 0.3) is 41.8 Å². The molecule has 8 aromatic carbocycles. The summed E-state index contributed by atoms with van der Waals surface area (Å²) in [6, 6.07) is 46.1. The van der Waals surface area contributed by atoms with Crippen LogP contribution in [-0.4, -0.2) is 129 Å².